The van der Waals surface area contributed by atoms with Gasteiger partial charge < -0.3 is 14.7 Å². The Labute approximate surface area is 161 Å². The maximum absolute atomic E-state index is 14.1. The van der Waals surface area contributed by atoms with Crippen LogP contribution in [0.1, 0.15) is 17.7 Å². The van der Waals surface area contributed by atoms with Crippen LogP contribution >= 0.6 is 11.6 Å². The van der Waals surface area contributed by atoms with E-state index in [1.165, 1.54) is 23.3 Å². The Morgan fingerprint density at radius 1 is 1.48 bits per heavy atom. The van der Waals surface area contributed by atoms with Gasteiger partial charge in [-0.05, 0) is 12.1 Å². The highest BCUT2D eigenvalue weighted by atomic mass is 35.5. The number of rotatable bonds is 6. The van der Waals surface area contributed by atoms with E-state index in [-0.39, 0.29) is 31.3 Å². The third-order valence-electron chi connectivity index (χ3n) is 4.55. The van der Waals surface area contributed by atoms with Crippen LogP contribution in [0.25, 0.3) is 0 Å². The first-order valence-corrected chi connectivity index (χ1v) is 8.91. The third-order valence-corrected chi connectivity index (χ3v) is 4.90. The molecule has 0 unspecified atom stereocenters. The molecule has 2 aromatic rings. The van der Waals surface area contributed by atoms with E-state index in [0.29, 0.717) is 29.4 Å². The zero-order chi connectivity index (χ0) is 19.4. The lowest BCUT2D eigenvalue weighted by Gasteiger charge is -2.35. The van der Waals surface area contributed by atoms with Gasteiger partial charge in [-0.1, -0.05) is 22.8 Å². The monoisotopic (exact) mass is 394 g/mol. The normalized spacial score (nSPS) is 17.6. The molecule has 9 heteroatoms. The van der Waals surface area contributed by atoms with Crippen molar-refractivity contribution in [3.63, 3.8) is 0 Å². The van der Waals surface area contributed by atoms with Gasteiger partial charge in [-0.2, -0.15) is 0 Å². The molecule has 7 nitrogen and oxygen atoms in total. The third kappa shape index (κ3) is 4.64. The first-order valence-electron chi connectivity index (χ1n) is 8.53. The summed E-state index contributed by atoms with van der Waals surface area (Å²) in [5.74, 6) is -0.900. The average molecular weight is 395 g/mol. The molecule has 1 aromatic carbocycles. The summed E-state index contributed by atoms with van der Waals surface area (Å²) in [6.07, 6.45) is 1.41. The van der Waals surface area contributed by atoms with E-state index in [1.54, 1.807) is 24.1 Å². The van der Waals surface area contributed by atoms with Crippen molar-refractivity contribution in [2.24, 2.45) is 0 Å². The maximum Gasteiger partial charge on any atom is 0.237 e. The molecule has 1 atom stereocenters. The highest BCUT2D eigenvalue weighted by molar-refractivity contribution is 6.31. The van der Waals surface area contributed by atoms with Crippen LogP contribution in [-0.4, -0.2) is 52.9 Å². The molecule has 1 aliphatic heterocycles. The summed E-state index contributed by atoms with van der Waals surface area (Å²) in [4.78, 5) is 28.2. The van der Waals surface area contributed by atoms with Crippen molar-refractivity contribution >= 4 is 23.4 Å². The van der Waals surface area contributed by atoms with Crippen LogP contribution in [-0.2, 0) is 22.7 Å². The first-order chi connectivity index (χ1) is 13.0. The van der Waals surface area contributed by atoms with Crippen molar-refractivity contribution in [2.75, 3.05) is 20.1 Å². The van der Waals surface area contributed by atoms with Gasteiger partial charge in [0.05, 0.1) is 19.0 Å². The van der Waals surface area contributed by atoms with Gasteiger partial charge in [0.25, 0.3) is 0 Å². The fraction of sp³-hybridized carbons (Fsp3) is 0.389. The fourth-order valence-corrected chi connectivity index (χ4v) is 3.25. The van der Waals surface area contributed by atoms with E-state index in [9.17, 15) is 14.0 Å². The van der Waals surface area contributed by atoms with Gasteiger partial charge in [0, 0.05) is 43.3 Å². The molecule has 2 amide bonds. The number of amides is 2. The van der Waals surface area contributed by atoms with E-state index in [0.717, 1.165) is 0 Å². The lowest BCUT2D eigenvalue weighted by Crippen LogP contribution is -2.56. The molecule has 0 radical (unpaired) electrons. The summed E-state index contributed by atoms with van der Waals surface area (Å²) in [5, 5.41) is 6.84. The van der Waals surface area contributed by atoms with Crippen LogP contribution < -0.4 is 5.32 Å². The summed E-state index contributed by atoms with van der Waals surface area (Å²) < 4.78 is 18.9. The number of halogens is 2. The molecule has 1 N–H and O–H groups in total. The van der Waals surface area contributed by atoms with Crippen molar-refractivity contribution in [3.8, 4) is 0 Å². The Kier molecular flexibility index (Phi) is 6.08. The van der Waals surface area contributed by atoms with Gasteiger partial charge in [-0.25, -0.2) is 4.39 Å². The van der Waals surface area contributed by atoms with E-state index in [2.05, 4.69) is 10.5 Å². The van der Waals surface area contributed by atoms with Crippen LogP contribution in [0.15, 0.2) is 35.1 Å². The van der Waals surface area contributed by atoms with Gasteiger partial charge in [-0.15, -0.1) is 0 Å². The molecular formula is C18H20ClFN4O3. The number of aromatic nitrogens is 1. The lowest BCUT2D eigenvalue weighted by molar-refractivity contribution is -0.138. The molecule has 1 saturated heterocycles. The predicted octanol–water partition coefficient (Wildman–Crippen LogP) is 1.82. The summed E-state index contributed by atoms with van der Waals surface area (Å²) in [5.41, 5.74) is 0.941. The number of carbonyl (C=O) groups excluding carboxylic acids is 2. The van der Waals surface area contributed by atoms with Gasteiger partial charge in [0.15, 0.2) is 0 Å². The molecule has 144 valence electrons. The average Bonchev–Trinajstić information content (AvgIpc) is 3.13. The first kappa shape index (κ1) is 19.3. The van der Waals surface area contributed by atoms with Crippen molar-refractivity contribution in [1.82, 2.24) is 20.3 Å². The number of piperazine rings is 1. The largest absolute Gasteiger partial charge is 0.364 e. The molecule has 0 bridgehead atoms. The minimum absolute atomic E-state index is 0.0216. The van der Waals surface area contributed by atoms with Gasteiger partial charge in [-0.3, -0.25) is 14.5 Å². The van der Waals surface area contributed by atoms with E-state index < -0.39 is 11.9 Å². The zero-order valence-corrected chi connectivity index (χ0v) is 15.6. The van der Waals surface area contributed by atoms with Crippen LogP contribution in [0.4, 0.5) is 4.39 Å². The molecule has 1 aromatic heterocycles. The molecule has 1 aliphatic rings. The van der Waals surface area contributed by atoms with Gasteiger partial charge >= 0.3 is 0 Å². The Morgan fingerprint density at radius 3 is 3.00 bits per heavy atom. The standard InChI is InChI=1S/C18H20ClFN4O3/c1-23(10-12-5-8-27-22-12)17(25)9-16-18(26)21-6-7-24(16)11-13-14(19)3-2-4-15(13)20/h2-5,8,16H,6-7,9-11H2,1H3,(H,21,26)/t16-/m0/s1. The van der Waals surface area contributed by atoms with Crippen LogP contribution in [0.2, 0.25) is 5.02 Å². The maximum atomic E-state index is 14.1. The van der Waals surface area contributed by atoms with Crippen LogP contribution in [0.3, 0.4) is 0 Å². The SMILES string of the molecule is CN(Cc1ccon1)C(=O)C[C@H]1C(=O)NCCN1Cc1c(F)cccc1Cl. The van der Waals surface area contributed by atoms with E-state index in [4.69, 9.17) is 16.1 Å². The predicted molar refractivity (Wildman–Crippen MR) is 96.2 cm³/mol. The summed E-state index contributed by atoms with van der Waals surface area (Å²) >= 11 is 6.11. The van der Waals surface area contributed by atoms with Gasteiger partial charge in [0.2, 0.25) is 11.8 Å². The summed E-state index contributed by atoms with van der Waals surface area (Å²) in [6.45, 7) is 1.37. The molecule has 1 fully saturated rings. The molecule has 0 aliphatic carbocycles. The van der Waals surface area contributed by atoms with Crippen LogP contribution in [0, 0.1) is 5.82 Å². The van der Waals surface area contributed by atoms with Crippen molar-refractivity contribution < 1.29 is 18.5 Å². The minimum atomic E-state index is -0.693. The van der Waals surface area contributed by atoms with Gasteiger partial charge in [0.1, 0.15) is 17.8 Å². The number of hydrogen-bond acceptors (Lipinski definition) is 5. The molecule has 27 heavy (non-hydrogen) atoms. The molecular weight excluding hydrogens is 375 g/mol. The Morgan fingerprint density at radius 2 is 2.30 bits per heavy atom. The van der Waals surface area contributed by atoms with E-state index in [1.807, 2.05) is 0 Å². The molecule has 0 saturated carbocycles. The van der Waals surface area contributed by atoms with Crippen LogP contribution in [0.5, 0.6) is 0 Å². The highest BCUT2D eigenvalue weighted by Crippen LogP contribution is 2.23. The Bertz CT molecular complexity index is 795. The molecule has 2 heterocycles. The number of hydrogen-bond donors (Lipinski definition) is 1. The number of carbonyl (C=O) groups is 2. The van der Waals surface area contributed by atoms with Crippen molar-refractivity contribution in [3.05, 3.63) is 52.6 Å². The molecule has 3 rings (SSSR count). The fourth-order valence-electron chi connectivity index (χ4n) is 3.03. The second kappa shape index (κ2) is 8.49. The summed E-state index contributed by atoms with van der Waals surface area (Å²) in [7, 11) is 1.63. The second-order valence-corrected chi connectivity index (χ2v) is 6.83. The number of nitrogens with zero attached hydrogens (tertiary/aromatic N) is 3. The smallest absolute Gasteiger partial charge is 0.237 e. The second-order valence-electron chi connectivity index (χ2n) is 6.42. The Balaban J connectivity index is 1.70. The highest BCUT2D eigenvalue weighted by Gasteiger charge is 2.33. The van der Waals surface area contributed by atoms with Crippen molar-refractivity contribution in [1.29, 1.82) is 0 Å². The van der Waals surface area contributed by atoms with Crippen molar-refractivity contribution in [2.45, 2.75) is 25.6 Å². The quantitative estimate of drug-likeness (QED) is 0.808. The van der Waals surface area contributed by atoms with E-state index >= 15 is 0 Å². The number of nitrogens with one attached hydrogen (secondary N) is 1. The topological polar surface area (TPSA) is 78.7 Å². The Hall–Kier alpha value is -2.45. The molecule has 0 spiro atoms. The minimum Gasteiger partial charge on any atom is -0.364 e. The number of benzene rings is 1. The summed E-state index contributed by atoms with van der Waals surface area (Å²) in [6, 6.07) is 5.45. The lowest BCUT2D eigenvalue weighted by atomic mass is 10.1. The zero-order valence-electron chi connectivity index (χ0n) is 14.8.